The molecule has 0 spiro atoms. The number of phenolic OH excluding ortho intramolecular Hbond substituents is 1. The number of hydrogen-bond acceptors (Lipinski definition) is 3. The minimum atomic E-state index is -0.333. The van der Waals surface area contributed by atoms with Crippen molar-refractivity contribution in [2.45, 2.75) is 6.61 Å². The van der Waals surface area contributed by atoms with Crippen molar-refractivity contribution in [2.24, 2.45) is 0 Å². The van der Waals surface area contributed by atoms with E-state index < -0.39 is 0 Å². The summed E-state index contributed by atoms with van der Waals surface area (Å²) < 4.78 is 24.5. The number of halogens is 1. The summed E-state index contributed by atoms with van der Waals surface area (Å²) in [5.41, 5.74) is 1.13. The Labute approximate surface area is 108 Å². The molecule has 0 unspecified atom stereocenters. The Kier molecular flexibility index (Phi) is 2.83. The molecule has 19 heavy (non-hydrogen) atoms. The molecule has 0 atom stereocenters. The predicted molar refractivity (Wildman–Crippen MR) is 68.6 cm³/mol. The maximum Gasteiger partial charge on any atom is 0.137 e. The van der Waals surface area contributed by atoms with Crippen molar-refractivity contribution in [1.29, 1.82) is 0 Å². The summed E-state index contributed by atoms with van der Waals surface area (Å²) in [4.78, 5) is 0. The van der Waals surface area contributed by atoms with E-state index in [0.717, 1.165) is 0 Å². The van der Waals surface area contributed by atoms with Crippen molar-refractivity contribution in [1.82, 2.24) is 0 Å². The third-order valence-corrected chi connectivity index (χ3v) is 2.84. The van der Waals surface area contributed by atoms with E-state index in [4.69, 9.17) is 9.15 Å². The summed E-state index contributed by atoms with van der Waals surface area (Å²) in [6.45, 7) is 0.178. The van der Waals surface area contributed by atoms with Gasteiger partial charge in [0.15, 0.2) is 0 Å². The molecule has 1 N–H and O–H groups in total. The molecule has 3 rings (SSSR count). The standard InChI is InChI=1S/C15H11FO3/c16-13-5-2-6-14-15(13)10(9-19-14)8-18-12-4-1-3-11(17)7-12/h1-7,9,17H,8H2. The summed E-state index contributed by atoms with van der Waals surface area (Å²) in [5.74, 6) is 0.312. The van der Waals surface area contributed by atoms with Crippen LogP contribution < -0.4 is 4.74 Å². The molecule has 3 nitrogen and oxygen atoms in total. The fourth-order valence-electron chi connectivity index (χ4n) is 1.95. The Balaban J connectivity index is 1.86. The van der Waals surface area contributed by atoms with E-state index in [1.165, 1.54) is 18.4 Å². The topological polar surface area (TPSA) is 42.6 Å². The van der Waals surface area contributed by atoms with Crippen LogP contribution in [0.1, 0.15) is 5.56 Å². The maximum atomic E-state index is 13.7. The fourth-order valence-corrected chi connectivity index (χ4v) is 1.95. The Morgan fingerprint density at radius 3 is 2.84 bits per heavy atom. The first-order valence-corrected chi connectivity index (χ1v) is 5.80. The molecule has 96 valence electrons. The lowest BCUT2D eigenvalue weighted by Gasteiger charge is -2.05. The summed E-state index contributed by atoms with van der Waals surface area (Å²) in [7, 11) is 0. The Morgan fingerprint density at radius 1 is 1.16 bits per heavy atom. The van der Waals surface area contributed by atoms with Crippen molar-refractivity contribution < 1.29 is 18.7 Å². The summed E-state index contributed by atoms with van der Waals surface area (Å²) in [6, 6.07) is 11.1. The van der Waals surface area contributed by atoms with E-state index in [0.29, 0.717) is 22.3 Å². The molecule has 1 heterocycles. The van der Waals surface area contributed by atoms with Gasteiger partial charge in [-0.1, -0.05) is 12.1 Å². The van der Waals surface area contributed by atoms with Gasteiger partial charge in [0.1, 0.15) is 29.5 Å². The van der Waals surface area contributed by atoms with Crippen LogP contribution in [-0.2, 0) is 6.61 Å². The first-order chi connectivity index (χ1) is 9.24. The van der Waals surface area contributed by atoms with Crippen LogP contribution in [0.3, 0.4) is 0 Å². The van der Waals surface area contributed by atoms with E-state index in [1.807, 2.05) is 0 Å². The summed E-state index contributed by atoms with van der Waals surface area (Å²) in [5, 5.41) is 9.76. The van der Waals surface area contributed by atoms with Crippen LogP contribution in [0.4, 0.5) is 4.39 Å². The average molecular weight is 258 g/mol. The Hall–Kier alpha value is -2.49. The van der Waals surface area contributed by atoms with Crippen LogP contribution in [0, 0.1) is 5.82 Å². The van der Waals surface area contributed by atoms with Gasteiger partial charge in [0, 0.05) is 11.6 Å². The Morgan fingerprint density at radius 2 is 2.00 bits per heavy atom. The lowest BCUT2D eigenvalue weighted by Crippen LogP contribution is -1.94. The first kappa shape index (κ1) is 11.6. The number of hydrogen-bond donors (Lipinski definition) is 1. The zero-order valence-corrected chi connectivity index (χ0v) is 9.97. The fraction of sp³-hybridized carbons (Fsp3) is 0.0667. The molecule has 0 radical (unpaired) electrons. The van der Waals surface area contributed by atoms with Crippen LogP contribution in [-0.4, -0.2) is 5.11 Å². The minimum absolute atomic E-state index is 0.126. The van der Waals surface area contributed by atoms with Gasteiger partial charge in [0.25, 0.3) is 0 Å². The average Bonchev–Trinajstić information content (AvgIpc) is 2.81. The second kappa shape index (κ2) is 4.65. The van der Waals surface area contributed by atoms with Crippen LogP contribution in [0.2, 0.25) is 0 Å². The van der Waals surface area contributed by atoms with Gasteiger partial charge < -0.3 is 14.3 Å². The van der Waals surface area contributed by atoms with Gasteiger partial charge in [0.2, 0.25) is 0 Å². The van der Waals surface area contributed by atoms with Gasteiger partial charge in [0.05, 0.1) is 11.6 Å². The highest BCUT2D eigenvalue weighted by atomic mass is 19.1. The third-order valence-electron chi connectivity index (χ3n) is 2.84. The molecule has 0 amide bonds. The zero-order chi connectivity index (χ0) is 13.2. The maximum absolute atomic E-state index is 13.7. The number of ether oxygens (including phenoxy) is 1. The highest BCUT2D eigenvalue weighted by Gasteiger charge is 2.10. The molecule has 0 aliphatic heterocycles. The number of benzene rings is 2. The van der Waals surface area contributed by atoms with E-state index in [2.05, 4.69) is 0 Å². The Bertz CT molecular complexity index is 718. The van der Waals surface area contributed by atoms with E-state index in [1.54, 1.807) is 30.3 Å². The molecule has 0 saturated carbocycles. The normalized spacial score (nSPS) is 10.8. The SMILES string of the molecule is Oc1cccc(OCc2coc3cccc(F)c23)c1. The second-order valence-electron chi connectivity index (χ2n) is 4.16. The summed E-state index contributed by atoms with van der Waals surface area (Å²) >= 11 is 0. The molecule has 4 heteroatoms. The molecule has 1 aromatic heterocycles. The number of furan rings is 1. The molecular weight excluding hydrogens is 247 g/mol. The smallest absolute Gasteiger partial charge is 0.137 e. The van der Waals surface area contributed by atoms with Crippen LogP contribution >= 0.6 is 0 Å². The van der Waals surface area contributed by atoms with Gasteiger partial charge >= 0.3 is 0 Å². The van der Waals surface area contributed by atoms with Gasteiger partial charge in [-0.15, -0.1) is 0 Å². The largest absolute Gasteiger partial charge is 0.508 e. The lowest BCUT2D eigenvalue weighted by atomic mass is 10.2. The first-order valence-electron chi connectivity index (χ1n) is 5.80. The molecule has 0 bridgehead atoms. The molecule has 0 aliphatic rings. The van der Waals surface area contributed by atoms with E-state index >= 15 is 0 Å². The van der Waals surface area contributed by atoms with Crippen LogP contribution in [0.5, 0.6) is 11.5 Å². The summed E-state index contributed by atoms with van der Waals surface area (Å²) in [6.07, 6.45) is 1.48. The highest BCUT2D eigenvalue weighted by molar-refractivity contribution is 5.81. The van der Waals surface area contributed by atoms with Gasteiger partial charge in [-0.3, -0.25) is 0 Å². The van der Waals surface area contributed by atoms with Gasteiger partial charge in [-0.05, 0) is 24.3 Å². The van der Waals surface area contributed by atoms with Crippen LogP contribution in [0.15, 0.2) is 53.1 Å². The quantitative estimate of drug-likeness (QED) is 0.775. The monoisotopic (exact) mass is 258 g/mol. The van der Waals surface area contributed by atoms with Crippen molar-refractivity contribution in [3.05, 3.63) is 60.1 Å². The van der Waals surface area contributed by atoms with Crippen molar-refractivity contribution in [2.75, 3.05) is 0 Å². The molecular formula is C15H11FO3. The number of rotatable bonds is 3. The molecule has 0 aliphatic carbocycles. The second-order valence-corrected chi connectivity index (χ2v) is 4.16. The number of aromatic hydroxyl groups is 1. The van der Waals surface area contributed by atoms with Crippen LogP contribution in [0.25, 0.3) is 11.0 Å². The minimum Gasteiger partial charge on any atom is -0.508 e. The lowest BCUT2D eigenvalue weighted by molar-refractivity contribution is 0.304. The predicted octanol–water partition coefficient (Wildman–Crippen LogP) is 3.86. The van der Waals surface area contributed by atoms with Gasteiger partial charge in [-0.2, -0.15) is 0 Å². The molecule has 2 aromatic carbocycles. The highest BCUT2D eigenvalue weighted by Crippen LogP contribution is 2.26. The molecule has 0 saturated heterocycles. The molecule has 3 aromatic rings. The number of fused-ring (bicyclic) bond motifs is 1. The third kappa shape index (κ3) is 2.25. The number of phenols is 1. The van der Waals surface area contributed by atoms with Crippen molar-refractivity contribution >= 4 is 11.0 Å². The van der Waals surface area contributed by atoms with Crippen molar-refractivity contribution in [3.8, 4) is 11.5 Å². The van der Waals surface area contributed by atoms with Crippen molar-refractivity contribution in [3.63, 3.8) is 0 Å². The van der Waals surface area contributed by atoms with Gasteiger partial charge in [-0.25, -0.2) is 4.39 Å². The zero-order valence-electron chi connectivity index (χ0n) is 9.97. The van der Waals surface area contributed by atoms with E-state index in [-0.39, 0.29) is 18.2 Å². The molecule has 0 fully saturated rings. The van der Waals surface area contributed by atoms with E-state index in [9.17, 15) is 9.50 Å².